The van der Waals surface area contributed by atoms with Crippen LogP contribution in [0.4, 0.5) is 5.95 Å². The quantitative estimate of drug-likeness (QED) is 0.476. The lowest BCUT2D eigenvalue weighted by Gasteiger charge is -2.26. The molecule has 0 saturated carbocycles. The van der Waals surface area contributed by atoms with Gasteiger partial charge in [0.15, 0.2) is 0 Å². The van der Waals surface area contributed by atoms with Crippen molar-refractivity contribution in [1.82, 2.24) is 19.3 Å². The Kier molecular flexibility index (Phi) is 5.50. The Morgan fingerprint density at radius 3 is 2.60 bits per heavy atom. The van der Waals surface area contributed by atoms with Crippen LogP contribution in [0.5, 0.6) is 5.75 Å². The molecule has 2 aromatic heterocycles. The fourth-order valence-electron chi connectivity index (χ4n) is 5.22. The van der Waals surface area contributed by atoms with Crippen LogP contribution < -0.4 is 20.9 Å². The third-order valence-corrected chi connectivity index (χ3v) is 7.03. The second-order valence-electron chi connectivity index (χ2n) is 8.96. The van der Waals surface area contributed by atoms with Gasteiger partial charge in [0.2, 0.25) is 5.95 Å². The molecule has 2 aromatic carbocycles. The summed E-state index contributed by atoms with van der Waals surface area (Å²) in [5, 5.41) is 0.707. The highest BCUT2D eigenvalue weighted by Crippen LogP contribution is 2.37. The molecule has 1 fully saturated rings. The molecule has 0 spiro atoms. The topological polar surface area (TPSA) is 100 Å². The van der Waals surface area contributed by atoms with Gasteiger partial charge in [-0.2, -0.15) is 0 Å². The summed E-state index contributed by atoms with van der Waals surface area (Å²) in [4.78, 5) is 24.5. The van der Waals surface area contributed by atoms with Crippen molar-refractivity contribution >= 4 is 16.9 Å². The Hall–Kier alpha value is -3.69. The van der Waals surface area contributed by atoms with Crippen molar-refractivity contribution in [1.29, 1.82) is 0 Å². The van der Waals surface area contributed by atoms with Crippen LogP contribution in [0, 0.1) is 0 Å². The van der Waals surface area contributed by atoms with Gasteiger partial charge < -0.3 is 20.1 Å². The van der Waals surface area contributed by atoms with Crippen molar-refractivity contribution in [3.05, 3.63) is 70.3 Å². The average Bonchev–Trinajstić information content (AvgIpc) is 3.48. The molecule has 1 unspecified atom stereocenters. The number of rotatable bonds is 5. The Labute approximate surface area is 202 Å². The summed E-state index contributed by atoms with van der Waals surface area (Å²) >= 11 is 0. The molecule has 2 aliphatic heterocycles. The van der Waals surface area contributed by atoms with Crippen molar-refractivity contribution in [3.63, 3.8) is 0 Å². The van der Waals surface area contributed by atoms with Crippen LogP contribution >= 0.6 is 0 Å². The highest BCUT2D eigenvalue weighted by molar-refractivity contribution is 5.84. The zero-order valence-electron chi connectivity index (χ0n) is 19.7. The van der Waals surface area contributed by atoms with E-state index in [0.717, 1.165) is 53.0 Å². The fourth-order valence-corrected chi connectivity index (χ4v) is 5.22. The lowest BCUT2D eigenvalue weighted by atomic mass is 10.00. The first-order valence-corrected chi connectivity index (χ1v) is 11.9. The van der Waals surface area contributed by atoms with Crippen molar-refractivity contribution in [2.24, 2.45) is 5.73 Å². The van der Waals surface area contributed by atoms with Gasteiger partial charge in [-0.3, -0.25) is 9.48 Å². The second-order valence-corrected chi connectivity index (χ2v) is 8.96. The number of nitrogens with two attached hydrogens (primary N) is 1. The molecule has 4 aromatic rings. The molecule has 0 amide bonds. The third-order valence-electron chi connectivity index (χ3n) is 7.03. The van der Waals surface area contributed by atoms with E-state index in [0.29, 0.717) is 37.6 Å². The zero-order chi connectivity index (χ0) is 23.9. The minimum Gasteiger partial charge on any atom is -0.496 e. The smallest absolute Gasteiger partial charge is 0.274 e. The summed E-state index contributed by atoms with van der Waals surface area (Å²) in [6.45, 7) is 4.07. The molecule has 0 bridgehead atoms. The molecule has 0 radical (unpaired) electrons. The van der Waals surface area contributed by atoms with Gasteiger partial charge in [0.1, 0.15) is 5.75 Å². The molecule has 9 heteroatoms. The van der Waals surface area contributed by atoms with E-state index in [1.54, 1.807) is 7.11 Å². The molecule has 0 aliphatic carbocycles. The number of fused-ring (bicyclic) bond motifs is 3. The lowest BCUT2D eigenvalue weighted by Crippen LogP contribution is -2.37. The van der Waals surface area contributed by atoms with E-state index >= 15 is 0 Å². The predicted molar refractivity (Wildman–Crippen MR) is 134 cm³/mol. The molecule has 4 heterocycles. The highest BCUT2D eigenvalue weighted by atomic mass is 16.5. The van der Waals surface area contributed by atoms with E-state index in [-0.39, 0.29) is 11.6 Å². The molecule has 9 nitrogen and oxygen atoms in total. The van der Waals surface area contributed by atoms with Crippen molar-refractivity contribution in [2.45, 2.75) is 25.6 Å². The number of morpholine rings is 1. The lowest BCUT2D eigenvalue weighted by molar-refractivity contribution is 0.122. The normalized spacial score (nSPS) is 17.7. The van der Waals surface area contributed by atoms with Crippen LogP contribution in [0.15, 0.2) is 53.6 Å². The van der Waals surface area contributed by atoms with Gasteiger partial charge in [0.05, 0.1) is 37.3 Å². The number of aromatic nitrogens is 4. The van der Waals surface area contributed by atoms with E-state index in [9.17, 15) is 4.79 Å². The van der Waals surface area contributed by atoms with E-state index in [4.69, 9.17) is 15.2 Å². The van der Waals surface area contributed by atoms with Crippen molar-refractivity contribution in [2.75, 3.05) is 38.3 Å². The van der Waals surface area contributed by atoms with E-state index in [1.807, 2.05) is 41.3 Å². The summed E-state index contributed by atoms with van der Waals surface area (Å²) < 4.78 is 15.0. The number of anilines is 1. The van der Waals surface area contributed by atoms with Crippen LogP contribution in [0.2, 0.25) is 0 Å². The monoisotopic (exact) mass is 472 g/mol. The summed E-state index contributed by atoms with van der Waals surface area (Å²) in [5.41, 5.74) is 10.8. The number of methoxy groups -OCH3 is 1. The van der Waals surface area contributed by atoms with Crippen molar-refractivity contribution < 1.29 is 9.47 Å². The molecule has 1 saturated heterocycles. The minimum atomic E-state index is -0.0168. The standard InChI is InChI=1S/C26H28N6O3/c1-34-24-5-2-17(14-27)12-21(24)22-6-7-31-25(33)20-4-3-18(13-23(20)32(22)31)19-15-28-26(29-16-19)30-8-10-35-11-9-30/h2-5,12-13,15-16,22H,6-11,14,27H2,1H3. The highest BCUT2D eigenvalue weighted by Gasteiger charge is 2.30. The van der Waals surface area contributed by atoms with Crippen LogP contribution in [0.3, 0.4) is 0 Å². The van der Waals surface area contributed by atoms with Gasteiger partial charge in [-0.25, -0.2) is 14.6 Å². The van der Waals surface area contributed by atoms with Crippen LogP contribution in [0.25, 0.3) is 22.0 Å². The van der Waals surface area contributed by atoms with Gasteiger partial charge in [-0.1, -0.05) is 12.1 Å². The van der Waals surface area contributed by atoms with Crippen LogP contribution in [-0.4, -0.2) is 52.7 Å². The Balaban J connectivity index is 1.41. The molecular formula is C26H28N6O3. The number of hydrogen-bond acceptors (Lipinski definition) is 7. The molecule has 1 atom stereocenters. The van der Waals surface area contributed by atoms with Gasteiger partial charge in [0.25, 0.3) is 5.56 Å². The third kappa shape index (κ3) is 3.67. The number of ether oxygens (including phenoxy) is 2. The summed E-state index contributed by atoms with van der Waals surface area (Å²) in [5.74, 6) is 1.52. The fraction of sp³-hybridized carbons (Fsp3) is 0.346. The van der Waals surface area contributed by atoms with Crippen LogP contribution in [0.1, 0.15) is 23.6 Å². The number of nitrogens with zero attached hydrogens (tertiary/aromatic N) is 5. The Bertz CT molecular complexity index is 1440. The molecule has 35 heavy (non-hydrogen) atoms. The maximum Gasteiger partial charge on any atom is 0.274 e. The van der Waals surface area contributed by atoms with E-state index < -0.39 is 0 Å². The van der Waals surface area contributed by atoms with Gasteiger partial charge in [-0.05, 0) is 41.8 Å². The molecule has 180 valence electrons. The zero-order valence-corrected chi connectivity index (χ0v) is 19.7. The first-order chi connectivity index (χ1) is 17.2. The maximum absolute atomic E-state index is 13.2. The minimum absolute atomic E-state index is 0.0168. The number of benzene rings is 2. The van der Waals surface area contributed by atoms with Gasteiger partial charge in [-0.15, -0.1) is 0 Å². The van der Waals surface area contributed by atoms with Crippen molar-refractivity contribution in [3.8, 4) is 16.9 Å². The Morgan fingerprint density at radius 2 is 1.86 bits per heavy atom. The molecule has 2 aliphatic rings. The summed E-state index contributed by atoms with van der Waals surface area (Å²) in [7, 11) is 1.68. The Morgan fingerprint density at radius 1 is 1.06 bits per heavy atom. The largest absolute Gasteiger partial charge is 0.496 e. The molecule has 6 rings (SSSR count). The average molecular weight is 473 g/mol. The van der Waals surface area contributed by atoms with Gasteiger partial charge in [0, 0.05) is 49.7 Å². The van der Waals surface area contributed by atoms with E-state index in [2.05, 4.69) is 31.7 Å². The second kappa shape index (κ2) is 8.83. The summed E-state index contributed by atoms with van der Waals surface area (Å²) in [6, 6.07) is 12.0. The van der Waals surface area contributed by atoms with E-state index in [1.165, 1.54) is 0 Å². The number of hydrogen-bond donors (Lipinski definition) is 1. The first-order valence-electron chi connectivity index (χ1n) is 11.9. The SMILES string of the molecule is COc1ccc(CN)cc1C1CCn2c(=O)c3ccc(-c4cnc(N5CCOCC5)nc4)cc3n21. The van der Waals surface area contributed by atoms with Gasteiger partial charge >= 0.3 is 0 Å². The van der Waals surface area contributed by atoms with Crippen LogP contribution in [-0.2, 0) is 17.8 Å². The first kappa shape index (κ1) is 21.8. The predicted octanol–water partition coefficient (Wildman–Crippen LogP) is 2.56. The maximum atomic E-state index is 13.2. The molecule has 2 N–H and O–H groups in total. The summed E-state index contributed by atoms with van der Waals surface area (Å²) in [6.07, 6.45) is 4.52. The molecular weight excluding hydrogens is 444 g/mol.